The molecule has 18 heavy (non-hydrogen) atoms. The minimum absolute atomic E-state index is 0.0825. The van der Waals surface area contributed by atoms with E-state index in [0.717, 1.165) is 36.9 Å². The maximum absolute atomic E-state index is 10.4. The lowest BCUT2D eigenvalue weighted by Crippen LogP contribution is -2.40. The molecule has 0 amide bonds. The Morgan fingerprint density at radius 1 is 1.61 bits per heavy atom. The van der Waals surface area contributed by atoms with Crippen LogP contribution in [-0.2, 0) is 19.6 Å². The van der Waals surface area contributed by atoms with E-state index < -0.39 is 0 Å². The molecule has 0 aliphatic carbocycles. The minimum atomic E-state index is 0.0825. The van der Waals surface area contributed by atoms with Crippen molar-refractivity contribution in [3.05, 3.63) is 16.1 Å². The average Bonchev–Trinajstić information content (AvgIpc) is 2.89. The summed E-state index contributed by atoms with van der Waals surface area (Å²) < 4.78 is 10.3. The number of halogens is 1. The van der Waals surface area contributed by atoms with Crippen molar-refractivity contribution in [3.63, 3.8) is 0 Å². The molecule has 0 aromatic carbocycles. The molecule has 1 saturated heterocycles. The number of rotatable bonds is 6. The third kappa shape index (κ3) is 3.28. The maximum atomic E-state index is 10.4. The number of nitrogens with zero attached hydrogens (tertiary/aromatic N) is 2. The Hall–Kier alpha value is -0.500. The number of hydrogen-bond acceptors (Lipinski definition) is 6. The van der Waals surface area contributed by atoms with E-state index in [-0.39, 0.29) is 6.04 Å². The van der Waals surface area contributed by atoms with Crippen LogP contribution in [0.2, 0.25) is 0 Å². The Balaban J connectivity index is 2.15. The fourth-order valence-electron chi connectivity index (χ4n) is 2.02. The van der Waals surface area contributed by atoms with Gasteiger partial charge in [0.25, 0.3) is 6.47 Å². The molecule has 0 spiro atoms. The molecule has 1 aliphatic rings. The summed E-state index contributed by atoms with van der Waals surface area (Å²) in [5.74, 6) is 0. The van der Waals surface area contributed by atoms with Crippen LogP contribution in [0.15, 0.2) is 5.51 Å². The second-order valence-corrected chi connectivity index (χ2v) is 5.34. The van der Waals surface area contributed by atoms with Crippen molar-refractivity contribution in [1.82, 2.24) is 9.88 Å². The quantitative estimate of drug-likeness (QED) is 0.584. The summed E-state index contributed by atoms with van der Waals surface area (Å²) in [4.78, 5) is 18.2. The van der Waals surface area contributed by atoms with E-state index >= 15 is 0 Å². The van der Waals surface area contributed by atoms with E-state index in [1.54, 1.807) is 11.3 Å². The number of ether oxygens (including phenoxy) is 2. The molecular weight excluding hydrogens is 320 g/mol. The molecule has 5 nitrogen and oxygen atoms in total. The van der Waals surface area contributed by atoms with E-state index in [1.165, 1.54) is 0 Å². The normalized spacial score (nSPS) is 18.5. The Bertz CT molecular complexity index is 382. The summed E-state index contributed by atoms with van der Waals surface area (Å²) in [6.07, 6.45) is 0. The standard InChI is InChI=1S/C11H15BrN2O3S/c12-5-9-11(18-7-13-9)10(6-17-8-15)14-1-3-16-4-2-14/h7-8,10H,1-6H2. The fraction of sp³-hybridized carbons (Fsp3) is 0.636. The van der Waals surface area contributed by atoms with E-state index in [0.29, 0.717) is 18.4 Å². The van der Waals surface area contributed by atoms with Crippen LogP contribution in [-0.4, -0.2) is 49.3 Å². The van der Waals surface area contributed by atoms with Gasteiger partial charge in [-0.05, 0) is 0 Å². The van der Waals surface area contributed by atoms with Crippen molar-refractivity contribution in [3.8, 4) is 0 Å². The molecule has 100 valence electrons. The first-order chi connectivity index (χ1) is 8.86. The number of morpholine rings is 1. The summed E-state index contributed by atoms with van der Waals surface area (Å²) in [6, 6.07) is 0.0825. The predicted molar refractivity (Wildman–Crippen MR) is 71.9 cm³/mol. The molecule has 2 heterocycles. The van der Waals surface area contributed by atoms with Gasteiger partial charge in [0.2, 0.25) is 0 Å². The zero-order valence-electron chi connectivity index (χ0n) is 9.88. The zero-order chi connectivity index (χ0) is 12.8. The molecule has 1 atom stereocenters. The number of carbonyl (C=O) groups excluding carboxylic acids is 1. The van der Waals surface area contributed by atoms with Crippen molar-refractivity contribution >= 4 is 33.7 Å². The first kappa shape index (κ1) is 13.9. The number of aromatic nitrogens is 1. The van der Waals surface area contributed by atoms with Gasteiger partial charge in [-0.25, -0.2) is 4.98 Å². The summed E-state index contributed by atoms with van der Waals surface area (Å²) >= 11 is 5.05. The SMILES string of the molecule is O=COCC(c1scnc1CBr)N1CCOCC1. The zero-order valence-corrected chi connectivity index (χ0v) is 12.3. The molecule has 1 fully saturated rings. The van der Waals surface area contributed by atoms with Crippen LogP contribution >= 0.6 is 27.3 Å². The van der Waals surface area contributed by atoms with Crippen LogP contribution in [0.1, 0.15) is 16.6 Å². The third-order valence-electron chi connectivity index (χ3n) is 2.91. The third-order valence-corrected chi connectivity index (χ3v) is 4.41. The Kier molecular flexibility index (Phi) is 5.55. The van der Waals surface area contributed by atoms with Gasteiger partial charge in [0.05, 0.1) is 30.5 Å². The highest BCUT2D eigenvalue weighted by molar-refractivity contribution is 9.08. The van der Waals surface area contributed by atoms with Gasteiger partial charge in [0.15, 0.2) is 0 Å². The second kappa shape index (κ2) is 7.18. The summed E-state index contributed by atoms with van der Waals surface area (Å²) in [5.41, 5.74) is 2.85. The van der Waals surface area contributed by atoms with Gasteiger partial charge in [0, 0.05) is 23.3 Å². The van der Waals surface area contributed by atoms with Gasteiger partial charge in [-0.2, -0.15) is 0 Å². The number of alkyl halides is 1. The molecule has 2 rings (SSSR count). The molecule has 0 radical (unpaired) electrons. The molecule has 1 aromatic heterocycles. The first-order valence-corrected chi connectivity index (χ1v) is 7.72. The lowest BCUT2D eigenvalue weighted by molar-refractivity contribution is -0.131. The van der Waals surface area contributed by atoms with Gasteiger partial charge in [-0.3, -0.25) is 9.69 Å². The van der Waals surface area contributed by atoms with E-state index in [4.69, 9.17) is 9.47 Å². The molecule has 0 saturated carbocycles. The predicted octanol–water partition coefficient (Wildman–Crippen LogP) is 1.58. The Labute approximate surface area is 118 Å². The maximum Gasteiger partial charge on any atom is 0.293 e. The topological polar surface area (TPSA) is 51.7 Å². The number of thiazole rings is 1. The van der Waals surface area contributed by atoms with Crippen LogP contribution in [0.4, 0.5) is 0 Å². The van der Waals surface area contributed by atoms with Crippen molar-refractivity contribution in [1.29, 1.82) is 0 Å². The summed E-state index contributed by atoms with van der Waals surface area (Å²) in [7, 11) is 0. The fourth-order valence-corrected chi connectivity index (χ4v) is 3.58. The molecule has 1 unspecified atom stereocenters. The largest absolute Gasteiger partial charge is 0.466 e. The Morgan fingerprint density at radius 2 is 2.39 bits per heavy atom. The van der Waals surface area contributed by atoms with Crippen molar-refractivity contribution < 1.29 is 14.3 Å². The van der Waals surface area contributed by atoms with Gasteiger partial charge in [-0.15, -0.1) is 11.3 Å². The smallest absolute Gasteiger partial charge is 0.293 e. The van der Waals surface area contributed by atoms with Crippen LogP contribution in [0.3, 0.4) is 0 Å². The first-order valence-electron chi connectivity index (χ1n) is 5.72. The molecule has 1 aromatic rings. The average molecular weight is 335 g/mol. The number of hydrogen-bond donors (Lipinski definition) is 0. The van der Waals surface area contributed by atoms with E-state index in [2.05, 4.69) is 25.8 Å². The second-order valence-electron chi connectivity index (χ2n) is 3.89. The van der Waals surface area contributed by atoms with Gasteiger partial charge < -0.3 is 9.47 Å². The molecule has 0 N–H and O–H groups in total. The number of carbonyl (C=O) groups is 1. The van der Waals surface area contributed by atoms with Crippen LogP contribution in [0.25, 0.3) is 0 Å². The van der Waals surface area contributed by atoms with Crippen molar-refractivity contribution in [2.75, 3.05) is 32.9 Å². The highest BCUT2D eigenvalue weighted by Gasteiger charge is 2.26. The minimum Gasteiger partial charge on any atom is -0.466 e. The monoisotopic (exact) mass is 334 g/mol. The van der Waals surface area contributed by atoms with Crippen LogP contribution < -0.4 is 0 Å². The highest BCUT2D eigenvalue weighted by atomic mass is 79.9. The highest BCUT2D eigenvalue weighted by Crippen LogP contribution is 2.29. The van der Waals surface area contributed by atoms with Gasteiger partial charge in [-0.1, -0.05) is 15.9 Å². The van der Waals surface area contributed by atoms with E-state index in [9.17, 15) is 4.79 Å². The molecule has 1 aliphatic heterocycles. The molecule has 7 heteroatoms. The molecular formula is C11H15BrN2O3S. The summed E-state index contributed by atoms with van der Waals surface area (Å²) in [5, 5.41) is 0.716. The summed E-state index contributed by atoms with van der Waals surface area (Å²) in [6.45, 7) is 4.02. The lowest BCUT2D eigenvalue weighted by Gasteiger charge is -2.33. The van der Waals surface area contributed by atoms with E-state index in [1.807, 2.05) is 5.51 Å². The van der Waals surface area contributed by atoms with Crippen LogP contribution in [0, 0.1) is 0 Å². The van der Waals surface area contributed by atoms with Crippen molar-refractivity contribution in [2.24, 2.45) is 0 Å². The Morgan fingerprint density at radius 3 is 3.06 bits per heavy atom. The molecule has 0 bridgehead atoms. The van der Waals surface area contributed by atoms with Crippen LogP contribution in [0.5, 0.6) is 0 Å². The lowest BCUT2D eigenvalue weighted by atomic mass is 10.2. The van der Waals surface area contributed by atoms with Gasteiger partial charge in [0.1, 0.15) is 6.61 Å². The van der Waals surface area contributed by atoms with Crippen molar-refractivity contribution in [2.45, 2.75) is 11.4 Å². The van der Waals surface area contributed by atoms with Gasteiger partial charge >= 0.3 is 0 Å².